The highest BCUT2D eigenvalue weighted by atomic mass is 16.2. The Morgan fingerprint density at radius 2 is 1.68 bits per heavy atom. The number of nitrogens with one attached hydrogen (secondary N) is 2. The minimum atomic E-state index is -0.489. The molecule has 112 valence electrons. The quantitative estimate of drug-likeness (QED) is 0.753. The van der Waals surface area contributed by atoms with Crippen molar-refractivity contribution in [3.63, 3.8) is 0 Å². The lowest BCUT2D eigenvalue weighted by Gasteiger charge is -2.26. The monoisotopic (exact) mass is 271 g/mol. The fourth-order valence-corrected chi connectivity index (χ4v) is 1.41. The molecular formula is C14H29N3O2. The minimum Gasteiger partial charge on any atom is -0.353 e. The first kappa shape index (κ1) is 17.9. The van der Waals surface area contributed by atoms with Crippen LogP contribution in [0, 0.1) is 11.3 Å². The number of carbonyl (C=O) groups excluding carboxylic acids is 2. The van der Waals surface area contributed by atoms with Gasteiger partial charge >= 0.3 is 0 Å². The van der Waals surface area contributed by atoms with Gasteiger partial charge in [0.05, 0.1) is 0 Å². The molecule has 5 nitrogen and oxygen atoms in total. The molecule has 0 aromatic heterocycles. The number of amides is 2. The van der Waals surface area contributed by atoms with E-state index in [4.69, 9.17) is 0 Å². The van der Waals surface area contributed by atoms with Gasteiger partial charge in [0.25, 0.3) is 0 Å². The van der Waals surface area contributed by atoms with Gasteiger partial charge in [0.1, 0.15) is 6.04 Å². The van der Waals surface area contributed by atoms with Crippen LogP contribution < -0.4 is 10.6 Å². The van der Waals surface area contributed by atoms with E-state index in [2.05, 4.69) is 10.6 Å². The van der Waals surface area contributed by atoms with Crippen molar-refractivity contribution in [3.8, 4) is 0 Å². The molecule has 0 aliphatic heterocycles. The fraction of sp³-hybridized carbons (Fsp3) is 0.857. The maximum absolute atomic E-state index is 12.1. The summed E-state index contributed by atoms with van der Waals surface area (Å²) in [6, 6.07) is -0.478. The van der Waals surface area contributed by atoms with E-state index in [0.29, 0.717) is 6.54 Å². The Morgan fingerprint density at radius 3 is 2.05 bits per heavy atom. The van der Waals surface area contributed by atoms with E-state index >= 15 is 0 Å². The van der Waals surface area contributed by atoms with Gasteiger partial charge in [-0.15, -0.1) is 0 Å². The highest BCUT2D eigenvalue weighted by molar-refractivity contribution is 5.89. The third-order valence-corrected chi connectivity index (χ3v) is 2.78. The SMILES string of the molecule is CC(C)C(NC(=O)C(C)(C)C)C(=O)NCCN(C)C. The molecule has 0 fully saturated rings. The zero-order chi connectivity index (χ0) is 15.2. The Labute approximate surface area is 117 Å². The van der Waals surface area contributed by atoms with E-state index < -0.39 is 11.5 Å². The molecule has 0 rings (SSSR count). The van der Waals surface area contributed by atoms with E-state index in [1.807, 2.05) is 53.6 Å². The normalized spacial score (nSPS) is 13.5. The molecule has 0 aliphatic rings. The Balaban J connectivity index is 4.48. The first-order valence-electron chi connectivity index (χ1n) is 6.79. The van der Waals surface area contributed by atoms with Gasteiger partial charge in [-0.3, -0.25) is 9.59 Å². The van der Waals surface area contributed by atoms with Gasteiger partial charge in [-0.25, -0.2) is 0 Å². The lowest BCUT2D eigenvalue weighted by atomic mass is 9.93. The van der Waals surface area contributed by atoms with Crippen LogP contribution in [0.25, 0.3) is 0 Å². The minimum absolute atomic E-state index is 0.0608. The van der Waals surface area contributed by atoms with Gasteiger partial charge in [0.2, 0.25) is 11.8 Å². The number of nitrogens with zero attached hydrogens (tertiary/aromatic N) is 1. The number of hydrogen-bond acceptors (Lipinski definition) is 3. The van der Waals surface area contributed by atoms with Gasteiger partial charge < -0.3 is 15.5 Å². The van der Waals surface area contributed by atoms with Gasteiger partial charge in [-0.1, -0.05) is 34.6 Å². The molecule has 19 heavy (non-hydrogen) atoms. The Kier molecular flexibility index (Phi) is 7.05. The van der Waals surface area contributed by atoms with Crippen LogP contribution in [-0.4, -0.2) is 49.9 Å². The predicted molar refractivity (Wildman–Crippen MR) is 77.8 cm³/mol. The molecule has 0 aromatic rings. The lowest BCUT2D eigenvalue weighted by molar-refractivity contribution is -0.134. The number of carbonyl (C=O) groups is 2. The molecule has 0 aliphatic carbocycles. The summed E-state index contributed by atoms with van der Waals surface area (Å²) in [7, 11) is 3.90. The smallest absolute Gasteiger partial charge is 0.242 e. The van der Waals surface area contributed by atoms with Crippen molar-refractivity contribution in [2.75, 3.05) is 27.2 Å². The van der Waals surface area contributed by atoms with E-state index in [9.17, 15) is 9.59 Å². The average Bonchev–Trinajstić information content (AvgIpc) is 2.22. The third kappa shape index (κ3) is 7.15. The van der Waals surface area contributed by atoms with E-state index in [1.54, 1.807) is 0 Å². The van der Waals surface area contributed by atoms with Crippen LogP contribution in [0.2, 0.25) is 0 Å². The molecular weight excluding hydrogens is 242 g/mol. The zero-order valence-electron chi connectivity index (χ0n) is 13.3. The van der Waals surface area contributed by atoms with Crippen molar-refractivity contribution >= 4 is 11.8 Å². The summed E-state index contributed by atoms with van der Waals surface area (Å²) in [5, 5.41) is 5.69. The molecule has 0 saturated carbocycles. The average molecular weight is 271 g/mol. The molecule has 2 N–H and O–H groups in total. The summed E-state index contributed by atoms with van der Waals surface area (Å²) >= 11 is 0. The highest BCUT2D eigenvalue weighted by Crippen LogP contribution is 2.14. The molecule has 1 unspecified atom stereocenters. The Hall–Kier alpha value is -1.10. The molecule has 0 spiro atoms. The van der Waals surface area contributed by atoms with Crippen molar-refractivity contribution in [3.05, 3.63) is 0 Å². The van der Waals surface area contributed by atoms with E-state index in [0.717, 1.165) is 6.54 Å². The molecule has 0 aromatic carbocycles. The fourth-order valence-electron chi connectivity index (χ4n) is 1.41. The molecule has 1 atom stereocenters. The maximum atomic E-state index is 12.1. The number of hydrogen-bond donors (Lipinski definition) is 2. The van der Waals surface area contributed by atoms with Gasteiger partial charge in [0, 0.05) is 18.5 Å². The second kappa shape index (κ2) is 7.48. The Bertz CT molecular complexity index is 306. The maximum Gasteiger partial charge on any atom is 0.242 e. The van der Waals surface area contributed by atoms with Gasteiger partial charge in [-0.2, -0.15) is 0 Å². The predicted octanol–water partition coefficient (Wildman–Crippen LogP) is 0.851. The second-order valence-electron chi connectivity index (χ2n) is 6.54. The van der Waals surface area contributed by atoms with Crippen LogP contribution in [-0.2, 0) is 9.59 Å². The summed E-state index contributed by atoms with van der Waals surface area (Å²) in [4.78, 5) is 26.0. The molecule has 0 heterocycles. The van der Waals surface area contributed by atoms with E-state index in [-0.39, 0.29) is 17.7 Å². The van der Waals surface area contributed by atoms with Crippen molar-refractivity contribution < 1.29 is 9.59 Å². The van der Waals surface area contributed by atoms with Crippen LogP contribution in [0.15, 0.2) is 0 Å². The summed E-state index contributed by atoms with van der Waals surface area (Å²) in [6.45, 7) is 10.7. The third-order valence-electron chi connectivity index (χ3n) is 2.78. The molecule has 0 bridgehead atoms. The van der Waals surface area contributed by atoms with E-state index in [1.165, 1.54) is 0 Å². The van der Waals surface area contributed by atoms with Gasteiger partial charge in [-0.05, 0) is 20.0 Å². The molecule has 0 saturated heterocycles. The van der Waals surface area contributed by atoms with Crippen LogP contribution in [0.4, 0.5) is 0 Å². The summed E-state index contributed by atoms with van der Waals surface area (Å²) in [6.07, 6.45) is 0. The molecule has 5 heteroatoms. The van der Waals surface area contributed by atoms with Crippen molar-refractivity contribution in [2.24, 2.45) is 11.3 Å². The Morgan fingerprint density at radius 1 is 1.16 bits per heavy atom. The highest BCUT2D eigenvalue weighted by Gasteiger charge is 2.29. The summed E-state index contributed by atoms with van der Waals surface area (Å²) in [5.74, 6) is -0.158. The second-order valence-corrected chi connectivity index (χ2v) is 6.54. The number of likely N-dealkylation sites (N-methyl/N-ethyl adjacent to an activating group) is 1. The van der Waals surface area contributed by atoms with Crippen molar-refractivity contribution in [2.45, 2.75) is 40.7 Å². The van der Waals surface area contributed by atoms with Crippen LogP contribution in [0.1, 0.15) is 34.6 Å². The summed E-state index contributed by atoms with van der Waals surface area (Å²) < 4.78 is 0. The first-order chi connectivity index (χ1) is 8.55. The van der Waals surface area contributed by atoms with Gasteiger partial charge in [0.15, 0.2) is 0 Å². The first-order valence-corrected chi connectivity index (χ1v) is 6.79. The zero-order valence-corrected chi connectivity index (χ0v) is 13.3. The van der Waals surface area contributed by atoms with Crippen LogP contribution in [0.5, 0.6) is 0 Å². The largest absolute Gasteiger partial charge is 0.353 e. The summed E-state index contributed by atoms with van der Waals surface area (Å²) in [5.41, 5.74) is -0.489. The molecule has 2 amide bonds. The lowest BCUT2D eigenvalue weighted by Crippen LogP contribution is -2.53. The number of rotatable bonds is 6. The topological polar surface area (TPSA) is 61.4 Å². The van der Waals surface area contributed by atoms with Crippen molar-refractivity contribution in [1.82, 2.24) is 15.5 Å². The molecule has 0 radical (unpaired) electrons. The van der Waals surface area contributed by atoms with Crippen molar-refractivity contribution in [1.29, 1.82) is 0 Å². The van der Waals surface area contributed by atoms with Crippen LogP contribution >= 0.6 is 0 Å². The van der Waals surface area contributed by atoms with Crippen LogP contribution in [0.3, 0.4) is 0 Å². The standard InChI is InChI=1S/C14H29N3O2/c1-10(2)11(16-13(19)14(3,4)5)12(18)15-8-9-17(6)7/h10-11H,8-9H2,1-7H3,(H,15,18)(H,16,19).